The topological polar surface area (TPSA) is 26.0 Å². The van der Waals surface area contributed by atoms with Crippen molar-refractivity contribution in [3.8, 4) is 0 Å². The predicted molar refractivity (Wildman–Crippen MR) is 77.0 cm³/mol. The zero-order valence-electron chi connectivity index (χ0n) is 11.0. The fourth-order valence-electron chi connectivity index (χ4n) is 1.87. The van der Waals surface area contributed by atoms with Crippen molar-refractivity contribution in [2.45, 2.75) is 45.4 Å². The molecule has 0 spiro atoms. The molecule has 1 nitrogen and oxygen atoms in total. The number of aryl methyl sites for hydroxylation is 1. The predicted octanol–water partition coefficient (Wildman–Crippen LogP) is 4.17. The van der Waals surface area contributed by atoms with Crippen LogP contribution in [0.3, 0.4) is 0 Å². The van der Waals surface area contributed by atoms with Crippen molar-refractivity contribution in [3.05, 3.63) is 41.5 Å². The monoisotopic (exact) mass is 231 g/mol. The van der Waals surface area contributed by atoms with Gasteiger partial charge in [-0.1, -0.05) is 62.6 Å². The minimum absolute atomic E-state index is 0.728. The van der Waals surface area contributed by atoms with E-state index in [0.717, 1.165) is 13.0 Å². The Morgan fingerprint density at radius 3 is 2.47 bits per heavy atom. The summed E-state index contributed by atoms with van der Waals surface area (Å²) in [6.45, 7) is 2.98. The van der Waals surface area contributed by atoms with Crippen LogP contribution in [0.5, 0.6) is 0 Å². The Morgan fingerprint density at radius 1 is 1.06 bits per heavy atom. The van der Waals surface area contributed by atoms with Gasteiger partial charge in [0, 0.05) is 0 Å². The van der Waals surface area contributed by atoms with Crippen LogP contribution in [-0.2, 0) is 6.42 Å². The van der Waals surface area contributed by atoms with Gasteiger partial charge in [0.25, 0.3) is 0 Å². The molecule has 1 heteroatoms. The summed E-state index contributed by atoms with van der Waals surface area (Å²) in [6.07, 6.45) is 11.8. The van der Waals surface area contributed by atoms with E-state index in [-0.39, 0.29) is 0 Å². The smallest absolute Gasteiger partial charge is 0.00425 e. The second-order valence-electron chi connectivity index (χ2n) is 4.53. The van der Waals surface area contributed by atoms with E-state index >= 15 is 0 Å². The molecule has 1 aromatic carbocycles. The van der Waals surface area contributed by atoms with Crippen molar-refractivity contribution in [2.24, 2.45) is 5.73 Å². The molecule has 1 rings (SSSR count). The molecule has 2 N–H and O–H groups in total. The summed E-state index contributed by atoms with van der Waals surface area (Å²) in [7, 11) is 0. The van der Waals surface area contributed by atoms with Gasteiger partial charge >= 0.3 is 0 Å². The summed E-state index contributed by atoms with van der Waals surface area (Å²) in [4.78, 5) is 0. The molecule has 17 heavy (non-hydrogen) atoms. The van der Waals surface area contributed by atoms with Gasteiger partial charge in [-0.25, -0.2) is 0 Å². The molecular weight excluding hydrogens is 206 g/mol. The van der Waals surface area contributed by atoms with Crippen molar-refractivity contribution < 1.29 is 0 Å². The second-order valence-corrected chi connectivity index (χ2v) is 4.53. The average molecular weight is 231 g/mol. The Bertz CT molecular complexity index is 311. The maximum Gasteiger partial charge on any atom is -0.00425 e. The first-order valence-electron chi connectivity index (χ1n) is 6.82. The molecule has 0 aromatic heterocycles. The first-order chi connectivity index (χ1) is 8.36. The molecule has 0 heterocycles. The molecule has 0 aliphatic rings. The molecule has 0 bridgehead atoms. The first kappa shape index (κ1) is 14.0. The van der Waals surface area contributed by atoms with Crippen molar-refractivity contribution >= 4 is 6.08 Å². The lowest BCUT2D eigenvalue weighted by molar-refractivity contribution is 0.667. The van der Waals surface area contributed by atoms with E-state index in [9.17, 15) is 0 Å². The van der Waals surface area contributed by atoms with Crippen molar-refractivity contribution in [1.82, 2.24) is 0 Å². The zero-order valence-corrected chi connectivity index (χ0v) is 11.0. The van der Waals surface area contributed by atoms with Gasteiger partial charge < -0.3 is 5.73 Å². The average Bonchev–Trinajstić information content (AvgIpc) is 2.37. The fourth-order valence-corrected chi connectivity index (χ4v) is 1.87. The quantitative estimate of drug-likeness (QED) is 0.668. The third-order valence-corrected chi connectivity index (χ3v) is 2.94. The number of rotatable bonds is 8. The van der Waals surface area contributed by atoms with Crippen LogP contribution < -0.4 is 5.73 Å². The van der Waals surface area contributed by atoms with Gasteiger partial charge in [-0.05, 0) is 36.9 Å². The van der Waals surface area contributed by atoms with Crippen molar-refractivity contribution in [1.29, 1.82) is 0 Å². The number of hydrogen-bond donors (Lipinski definition) is 1. The highest BCUT2D eigenvalue weighted by Gasteiger charge is 1.93. The van der Waals surface area contributed by atoms with E-state index in [0.29, 0.717) is 0 Å². The standard InChI is InChI=1S/C16H25N/c1-2-3-4-5-8-15-10-12-16(13-11-15)9-6-7-14-17/h6,9-13H,2-5,7-8,14,17H2,1H3. The SMILES string of the molecule is CCCCCCc1ccc(C=CCCN)cc1. The van der Waals surface area contributed by atoms with Gasteiger partial charge in [0.15, 0.2) is 0 Å². The fraction of sp³-hybridized carbons (Fsp3) is 0.500. The minimum atomic E-state index is 0.728. The Labute approximate surface area is 106 Å². The van der Waals surface area contributed by atoms with Crippen LogP contribution in [0, 0.1) is 0 Å². The normalized spacial score (nSPS) is 11.2. The van der Waals surface area contributed by atoms with Crippen molar-refractivity contribution in [3.63, 3.8) is 0 Å². The maximum absolute atomic E-state index is 5.44. The van der Waals surface area contributed by atoms with Gasteiger partial charge in [0.05, 0.1) is 0 Å². The van der Waals surface area contributed by atoms with Crippen LogP contribution in [0.15, 0.2) is 30.3 Å². The molecule has 0 unspecified atom stereocenters. The van der Waals surface area contributed by atoms with Gasteiger partial charge in [-0.3, -0.25) is 0 Å². The Balaban J connectivity index is 2.34. The summed E-state index contributed by atoms with van der Waals surface area (Å²) in [6, 6.07) is 8.88. The minimum Gasteiger partial charge on any atom is -0.330 e. The van der Waals surface area contributed by atoms with Crippen LogP contribution >= 0.6 is 0 Å². The molecule has 0 aliphatic heterocycles. The summed E-state index contributed by atoms with van der Waals surface area (Å²) in [5.74, 6) is 0. The molecule has 0 aliphatic carbocycles. The summed E-state index contributed by atoms with van der Waals surface area (Å²) in [5, 5.41) is 0. The molecule has 1 aromatic rings. The largest absolute Gasteiger partial charge is 0.330 e. The number of unbranched alkanes of at least 4 members (excludes halogenated alkanes) is 3. The number of hydrogen-bond acceptors (Lipinski definition) is 1. The highest BCUT2D eigenvalue weighted by atomic mass is 14.5. The van der Waals surface area contributed by atoms with E-state index in [1.165, 1.54) is 43.2 Å². The molecular formula is C16H25N. The van der Waals surface area contributed by atoms with Crippen molar-refractivity contribution in [2.75, 3.05) is 6.54 Å². The molecule has 0 radical (unpaired) electrons. The summed E-state index contributed by atoms with van der Waals surface area (Å²) < 4.78 is 0. The Morgan fingerprint density at radius 2 is 1.82 bits per heavy atom. The Kier molecular flexibility index (Phi) is 7.40. The third kappa shape index (κ3) is 6.28. The molecule has 0 fully saturated rings. The lowest BCUT2D eigenvalue weighted by atomic mass is 10.0. The Hall–Kier alpha value is -1.08. The second kappa shape index (κ2) is 9.00. The van der Waals surface area contributed by atoms with Gasteiger partial charge in [-0.2, -0.15) is 0 Å². The molecule has 94 valence electrons. The van der Waals surface area contributed by atoms with E-state index in [1.807, 2.05) is 0 Å². The zero-order chi connectivity index (χ0) is 12.3. The van der Waals surface area contributed by atoms with E-state index in [1.54, 1.807) is 0 Å². The molecule has 0 amide bonds. The van der Waals surface area contributed by atoms with Gasteiger partial charge in [0.2, 0.25) is 0 Å². The lowest BCUT2D eigenvalue weighted by Crippen LogP contribution is -1.94. The molecule has 0 atom stereocenters. The maximum atomic E-state index is 5.44. The van der Waals surface area contributed by atoms with Gasteiger partial charge in [-0.15, -0.1) is 0 Å². The third-order valence-electron chi connectivity index (χ3n) is 2.94. The van der Waals surface area contributed by atoms with Crippen LogP contribution in [0.4, 0.5) is 0 Å². The lowest BCUT2D eigenvalue weighted by Gasteiger charge is -2.02. The summed E-state index contributed by atoms with van der Waals surface area (Å²) >= 11 is 0. The highest BCUT2D eigenvalue weighted by Crippen LogP contribution is 2.10. The van der Waals surface area contributed by atoms with E-state index in [4.69, 9.17) is 5.73 Å². The van der Waals surface area contributed by atoms with Gasteiger partial charge in [0.1, 0.15) is 0 Å². The van der Waals surface area contributed by atoms with E-state index < -0.39 is 0 Å². The number of benzene rings is 1. The highest BCUT2D eigenvalue weighted by molar-refractivity contribution is 5.49. The number of nitrogens with two attached hydrogens (primary N) is 1. The van der Waals surface area contributed by atoms with Crippen LogP contribution in [0.2, 0.25) is 0 Å². The van der Waals surface area contributed by atoms with Crippen LogP contribution in [-0.4, -0.2) is 6.54 Å². The molecule has 0 saturated heterocycles. The van der Waals surface area contributed by atoms with Crippen LogP contribution in [0.1, 0.15) is 50.2 Å². The summed E-state index contributed by atoms with van der Waals surface area (Å²) in [5.41, 5.74) is 8.17. The van der Waals surface area contributed by atoms with Crippen LogP contribution in [0.25, 0.3) is 6.08 Å². The van der Waals surface area contributed by atoms with E-state index in [2.05, 4.69) is 43.3 Å². The first-order valence-corrected chi connectivity index (χ1v) is 6.82. The molecule has 0 saturated carbocycles.